The number of nitrogen functional groups attached to an aromatic ring is 1. The predicted octanol–water partition coefficient (Wildman–Crippen LogP) is 1.96. The van der Waals surface area contributed by atoms with Gasteiger partial charge in [-0.1, -0.05) is 11.6 Å². The second-order valence-corrected chi connectivity index (χ2v) is 4.22. The summed E-state index contributed by atoms with van der Waals surface area (Å²) in [7, 11) is 1.55. The largest absolute Gasteiger partial charge is 0.495 e. The Balaban J connectivity index is 2.25. The summed E-state index contributed by atoms with van der Waals surface area (Å²) in [5, 5.41) is 3.46. The molecule has 0 radical (unpaired) electrons. The third-order valence-corrected chi connectivity index (χ3v) is 2.72. The average Bonchev–Trinajstić information content (AvgIpc) is 2.47. The minimum absolute atomic E-state index is 0.169. The lowest BCUT2D eigenvalue weighted by atomic mass is 10.3. The van der Waals surface area contributed by atoms with Crippen molar-refractivity contribution in [2.24, 2.45) is 5.84 Å². The summed E-state index contributed by atoms with van der Waals surface area (Å²) in [6.07, 6.45) is 0. The molecular weight excluding hydrogens is 296 g/mol. The van der Waals surface area contributed by atoms with E-state index in [-0.39, 0.29) is 17.9 Å². The van der Waals surface area contributed by atoms with Gasteiger partial charge in [0.15, 0.2) is 0 Å². The number of methoxy groups -OCH3 is 1. The summed E-state index contributed by atoms with van der Waals surface area (Å²) in [5.74, 6) is 6.37. The lowest BCUT2D eigenvalue weighted by molar-refractivity contribution is 0.312. The zero-order chi connectivity index (χ0) is 15.2. The molecule has 0 spiro atoms. The van der Waals surface area contributed by atoms with Gasteiger partial charge in [0, 0.05) is 5.69 Å². The number of halogens is 1. The van der Waals surface area contributed by atoms with Crippen LogP contribution in [0.5, 0.6) is 11.8 Å². The first-order chi connectivity index (χ1) is 10.2. The Morgan fingerprint density at radius 2 is 2.00 bits per heavy atom. The molecule has 0 amide bonds. The van der Waals surface area contributed by atoms with Gasteiger partial charge in [0.25, 0.3) is 0 Å². The van der Waals surface area contributed by atoms with Crippen LogP contribution < -0.4 is 26.1 Å². The fraction of sp³-hybridized carbons (Fsp3) is 0.250. The van der Waals surface area contributed by atoms with Crippen molar-refractivity contribution in [3.8, 4) is 11.8 Å². The fourth-order valence-electron chi connectivity index (χ4n) is 1.54. The number of benzene rings is 1. The molecule has 9 heteroatoms. The number of rotatable bonds is 6. The van der Waals surface area contributed by atoms with Crippen LogP contribution in [0.1, 0.15) is 6.92 Å². The molecule has 1 aromatic heterocycles. The van der Waals surface area contributed by atoms with Crippen molar-refractivity contribution in [2.45, 2.75) is 6.92 Å². The van der Waals surface area contributed by atoms with Gasteiger partial charge < -0.3 is 14.8 Å². The van der Waals surface area contributed by atoms with Crippen molar-refractivity contribution in [2.75, 3.05) is 24.5 Å². The highest BCUT2D eigenvalue weighted by atomic mass is 35.5. The number of nitrogens with zero attached hydrogens (tertiary/aromatic N) is 3. The lowest BCUT2D eigenvalue weighted by Crippen LogP contribution is -2.13. The number of anilines is 3. The molecule has 1 heterocycles. The average molecular weight is 311 g/mol. The molecule has 1 aromatic carbocycles. The van der Waals surface area contributed by atoms with Crippen LogP contribution >= 0.6 is 11.6 Å². The second kappa shape index (κ2) is 6.91. The van der Waals surface area contributed by atoms with Crippen LogP contribution in [-0.4, -0.2) is 28.7 Å². The first kappa shape index (κ1) is 15.1. The molecule has 2 aromatic rings. The van der Waals surface area contributed by atoms with Crippen LogP contribution in [0.25, 0.3) is 0 Å². The van der Waals surface area contributed by atoms with Gasteiger partial charge in [-0.2, -0.15) is 15.0 Å². The molecule has 0 saturated heterocycles. The maximum atomic E-state index is 6.06. The van der Waals surface area contributed by atoms with Crippen molar-refractivity contribution in [1.82, 2.24) is 15.0 Å². The van der Waals surface area contributed by atoms with E-state index in [9.17, 15) is 0 Å². The lowest BCUT2D eigenvalue weighted by Gasteiger charge is -2.10. The number of hydrogen-bond acceptors (Lipinski definition) is 8. The van der Waals surface area contributed by atoms with E-state index in [1.54, 1.807) is 25.3 Å². The quantitative estimate of drug-likeness (QED) is 0.549. The van der Waals surface area contributed by atoms with E-state index in [0.717, 1.165) is 0 Å². The van der Waals surface area contributed by atoms with Crippen molar-refractivity contribution in [3.63, 3.8) is 0 Å². The molecule has 21 heavy (non-hydrogen) atoms. The first-order valence-electron chi connectivity index (χ1n) is 6.12. The molecule has 0 aliphatic heterocycles. The van der Waals surface area contributed by atoms with Crippen LogP contribution in [-0.2, 0) is 0 Å². The standard InChI is InChI=1S/C12H15ClN6O2/c1-3-21-12-17-10(16-11(18-12)19-14)15-7-4-5-9(20-2)8(13)6-7/h4-6H,3,14H2,1-2H3,(H2,15,16,17,18,19). The molecular formula is C12H15ClN6O2. The summed E-state index contributed by atoms with van der Waals surface area (Å²) in [4.78, 5) is 12.2. The van der Waals surface area contributed by atoms with E-state index in [4.69, 9.17) is 26.9 Å². The van der Waals surface area contributed by atoms with Gasteiger partial charge in [-0.05, 0) is 25.1 Å². The molecule has 0 atom stereocenters. The summed E-state index contributed by atoms with van der Waals surface area (Å²) in [6, 6.07) is 5.38. The Morgan fingerprint density at radius 3 is 2.62 bits per heavy atom. The second-order valence-electron chi connectivity index (χ2n) is 3.82. The number of aromatic nitrogens is 3. The van der Waals surface area contributed by atoms with Gasteiger partial charge in [0.1, 0.15) is 5.75 Å². The minimum Gasteiger partial charge on any atom is -0.495 e. The van der Waals surface area contributed by atoms with Crippen LogP contribution in [0.3, 0.4) is 0 Å². The van der Waals surface area contributed by atoms with Crippen LogP contribution in [0.2, 0.25) is 5.02 Å². The monoisotopic (exact) mass is 310 g/mol. The Kier molecular flexibility index (Phi) is 4.96. The number of ether oxygens (including phenoxy) is 2. The van der Waals surface area contributed by atoms with Gasteiger partial charge in [-0.25, -0.2) is 5.84 Å². The molecule has 0 aliphatic carbocycles. The number of nitrogens with two attached hydrogens (primary N) is 1. The van der Waals surface area contributed by atoms with Crippen LogP contribution in [0.15, 0.2) is 18.2 Å². The van der Waals surface area contributed by atoms with Gasteiger partial charge in [-0.3, -0.25) is 5.43 Å². The molecule has 2 rings (SSSR count). The Hall–Kier alpha value is -2.32. The van der Waals surface area contributed by atoms with Gasteiger partial charge >= 0.3 is 6.01 Å². The van der Waals surface area contributed by atoms with E-state index in [1.165, 1.54) is 0 Å². The molecule has 0 bridgehead atoms. The SMILES string of the molecule is CCOc1nc(NN)nc(Nc2ccc(OC)c(Cl)c2)n1. The van der Waals surface area contributed by atoms with Crippen molar-refractivity contribution in [3.05, 3.63) is 23.2 Å². The van der Waals surface area contributed by atoms with Crippen LogP contribution in [0, 0.1) is 0 Å². The Labute approximate surface area is 126 Å². The van der Waals surface area contributed by atoms with Crippen molar-refractivity contribution < 1.29 is 9.47 Å². The highest BCUT2D eigenvalue weighted by molar-refractivity contribution is 6.32. The van der Waals surface area contributed by atoms with E-state index >= 15 is 0 Å². The Morgan fingerprint density at radius 1 is 1.24 bits per heavy atom. The van der Waals surface area contributed by atoms with Gasteiger partial charge in [0.2, 0.25) is 11.9 Å². The smallest absolute Gasteiger partial charge is 0.323 e. The predicted molar refractivity (Wildman–Crippen MR) is 80.1 cm³/mol. The summed E-state index contributed by atoms with van der Waals surface area (Å²) in [6.45, 7) is 2.26. The molecule has 0 unspecified atom stereocenters. The van der Waals surface area contributed by atoms with Gasteiger partial charge in [0.05, 0.1) is 18.7 Å². The number of hydrazine groups is 1. The van der Waals surface area contributed by atoms with E-state index in [2.05, 4.69) is 25.7 Å². The van der Waals surface area contributed by atoms with E-state index < -0.39 is 0 Å². The molecule has 4 N–H and O–H groups in total. The number of nitrogens with one attached hydrogen (secondary N) is 2. The topological polar surface area (TPSA) is 107 Å². The van der Waals surface area contributed by atoms with Crippen molar-refractivity contribution in [1.29, 1.82) is 0 Å². The molecule has 112 valence electrons. The highest BCUT2D eigenvalue weighted by Crippen LogP contribution is 2.28. The van der Waals surface area contributed by atoms with Crippen molar-refractivity contribution >= 4 is 29.2 Å². The molecule has 8 nitrogen and oxygen atoms in total. The zero-order valence-electron chi connectivity index (χ0n) is 11.6. The van der Waals surface area contributed by atoms with Crippen LogP contribution in [0.4, 0.5) is 17.6 Å². The number of hydrogen-bond donors (Lipinski definition) is 3. The fourth-order valence-corrected chi connectivity index (χ4v) is 1.80. The zero-order valence-corrected chi connectivity index (χ0v) is 12.3. The van der Waals surface area contributed by atoms with E-state index in [0.29, 0.717) is 23.1 Å². The maximum Gasteiger partial charge on any atom is 0.323 e. The third-order valence-electron chi connectivity index (χ3n) is 2.43. The molecule has 0 fully saturated rings. The molecule has 0 aliphatic rings. The normalized spacial score (nSPS) is 10.1. The summed E-state index contributed by atoms with van der Waals surface area (Å²) < 4.78 is 10.3. The van der Waals surface area contributed by atoms with E-state index in [1.807, 2.05) is 6.92 Å². The summed E-state index contributed by atoms with van der Waals surface area (Å²) >= 11 is 6.06. The van der Waals surface area contributed by atoms with Gasteiger partial charge in [-0.15, -0.1) is 0 Å². The third kappa shape index (κ3) is 3.83. The molecule has 0 saturated carbocycles. The highest BCUT2D eigenvalue weighted by Gasteiger charge is 2.08. The maximum absolute atomic E-state index is 6.06. The Bertz CT molecular complexity index is 625. The summed E-state index contributed by atoms with van der Waals surface area (Å²) in [5.41, 5.74) is 3.05. The first-order valence-corrected chi connectivity index (χ1v) is 6.50. The minimum atomic E-state index is 0.169.